The predicted octanol–water partition coefficient (Wildman–Crippen LogP) is 2.71. The Bertz CT molecular complexity index is 433. The zero-order valence-corrected chi connectivity index (χ0v) is 11.9. The number of hydrogen-bond acceptors (Lipinski definition) is 3. The Morgan fingerprint density at radius 1 is 1.50 bits per heavy atom. The number of aryl methyl sites for hydroxylation is 1. The van der Waals surface area contributed by atoms with Crippen LogP contribution >= 0.6 is 23.5 Å². The first-order chi connectivity index (χ1) is 8.66. The molecule has 0 aliphatic carbocycles. The van der Waals surface area contributed by atoms with Crippen LogP contribution in [0, 0.1) is 12.7 Å². The summed E-state index contributed by atoms with van der Waals surface area (Å²) < 4.78 is 13.1. The SMILES string of the molecule is Cc1cc(C(=O)NCC2CSCCS2)ccc1F. The van der Waals surface area contributed by atoms with Crippen molar-refractivity contribution < 1.29 is 9.18 Å². The minimum absolute atomic E-state index is 0.116. The summed E-state index contributed by atoms with van der Waals surface area (Å²) in [5.41, 5.74) is 1.03. The largest absolute Gasteiger partial charge is 0.351 e. The molecule has 0 bridgehead atoms. The van der Waals surface area contributed by atoms with E-state index in [9.17, 15) is 9.18 Å². The Morgan fingerprint density at radius 3 is 3.00 bits per heavy atom. The van der Waals surface area contributed by atoms with Crippen LogP contribution < -0.4 is 5.32 Å². The average Bonchev–Trinajstić information content (AvgIpc) is 2.40. The molecule has 1 amide bonds. The number of carbonyl (C=O) groups is 1. The number of hydrogen-bond donors (Lipinski definition) is 1. The Hall–Kier alpha value is -0.680. The summed E-state index contributed by atoms with van der Waals surface area (Å²) in [5.74, 6) is 3.06. The van der Waals surface area contributed by atoms with E-state index < -0.39 is 0 Å². The lowest BCUT2D eigenvalue weighted by molar-refractivity contribution is 0.0954. The van der Waals surface area contributed by atoms with Crippen LogP contribution in [0.1, 0.15) is 15.9 Å². The van der Waals surface area contributed by atoms with Crippen LogP contribution in [0.4, 0.5) is 4.39 Å². The Labute approximate surface area is 115 Å². The molecule has 2 rings (SSSR count). The van der Waals surface area contributed by atoms with Crippen LogP contribution in [0.25, 0.3) is 0 Å². The van der Waals surface area contributed by atoms with Gasteiger partial charge in [-0.1, -0.05) is 0 Å². The minimum atomic E-state index is -0.272. The van der Waals surface area contributed by atoms with Crippen molar-refractivity contribution in [3.63, 3.8) is 0 Å². The lowest BCUT2D eigenvalue weighted by atomic mass is 10.1. The Morgan fingerprint density at radius 2 is 2.33 bits per heavy atom. The highest BCUT2D eigenvalue weighted by atomic mass is 32.2. The first-order valence-corrected chi connectivity index (χ1v) is 8.11. The number of nitrogens with one attached hydrogen (secondary N) is 1. The number of carbonyl (C=O) groups excluding carboxylic acids is 1. The molecule has 2 nitrogen and oxygen atoms in total. The minimum Gasteiger partial charge on any atom is -0.351 e. The van der Waals surface area contributed by atoms with E-state index in [1.54, 1.807) is 13.0 Å². The maximum absolute atomic E-state index is 13.1. The molecule has 1 saturated heterocycles. The molecule has 1 aromatic carbocycles. The van der Waals surface area contributed by atoms with Crippen molar-refractivity contribution >= 4 is 29.4 Å². The molecule has 0 radical (unpaired) electrons. The van der Waals surface area contributed by atoms with Gasteiger partial charge in [-0.2, -0.15) is 23.5 Å². The second-order valence-corrected chi connectivity index (χ2v) is 6.80. The summed E-state index contributed by atoms with van der Waals surface area (Å²) >= 11 is 3.84. The van der Waals surface area contributed by atoms with Crippen molar-refractivity contribution in [3.05, 3.63) is 35.1 Å². The van der Waals surface area contributed by atoms with Crippen molar-refractivity contribution in [2.45, 2.75) is 12.2 Å². The molecule has 98 valence electrons. The molecule has 0 saturated carbocycles. The predicted molar refractivity (Wildman–Crippen MR) is 77.0 cm³/mol. The lowest BCUT2D eigenvalue weighted by Gasteiger charge is -2.21. The Kier molecular flexibility index (Phi) is 4.95. The summed E-state index contributed by atoms with van der Waals surface area (Å²) in [6.45, 7) is 2.35. The standard InChI is InChI=1S/C13H16FNOS2/c1-9-6-10(2-3-12(9)14)13(16)15-7-11-8-17-4-5-18-11/h2-3,6,11H,4-5,7-8H2,1H3,(H,15,16). The molecule has 0 spiro atoms. The van der Waals surface area contributed by atoms with E-state index in [2.05, 4.69) is 5.32 Å². The van der Waals surface area contributed by atoms with Gasteiger partial charge in [0.05, 0.1) is 0 Å². The molecule has 1 atom stereocenters. The van der Waals surface area contributed by atoms with Crippen LogP contribution in [0.3, 0.4) is 0 Å². The van der Waals surface area contributed by atoms with Gasteiger partial charge in [0.1, 0.15) is 5.82 Å². The molecule has 1 aliphatic rings. The van der Waals surface area contributed by atoms with Crippen LogP contribution in [-0.4, -0.2) is 35.0 Å². The maximum Gasteiger partial charge on any atom is 0.251 e. The van der Waals surface area contributed by atoms with Gasteiger partial charge in [0.2, 0.25) is 0 Å². The summed E-state index contributed by atoms with van der Waals surface area (Å²) in [7, 11) is 0. The molecule has 18 heavy (non-hydrogen) atoms. The normalized spacial score (nSPS) is 19.6. The third-order valence-corrected chi connectivity index (χ3v) is 5.64. The summed E-state index contributed by atoms with van der Waals surface area (Å²) in [4.78, 5) is 11.9. The summed E-state index contributed by atoms with van der Waals surface area (Å²) in [6, 6.07) is 4.46. The molecule has 1 fully saturated rings. The van der Waals surface area contributed by atoms with Gasteiger partial charge in [-0.05, 0) is 30.7 Å². The molecule has 1 unspecified atom stereocenters. The molecule has 0 aromatic heterocycles. The van der Waals surface area contributed by atoms with Gasteiger partial charge in [0.15, 0.2) is 0 Å². The van der Waals surface area contributed by atoms with E-state index in [-0.39, 0.29) is 11.7 Å². The fourth-order valence-electron chi connectivity index (χ4n) is 1.75. The van der Waals surface area contributed by atoms with Gasteiger partial charge in [0.25, 0.3) is 5.91 Å². The van der Waals surface area contributed by atoms with Gasteiger partial charge in [-0.3, -0.25) is 4.79 Å². The van der Waals surface area contributed by atoms with Crippen LogP contribution in [0.5, 0.6) is 0 Å². The number of thioether (sulfide) groups is 2. The smallest absolute Gasteiger partial charge is 0.251 e. The molecule has 1 aliphatic heterocycles. The van der Waals surface area contributed by atoms with E-state index >= 15 is 0 Å². The van der Waals surface area contributed by atoms with Crippen molar-refractivity contribution in [2.24, 2.45) is 0 Å². The van der Waals surface area contributed by atoms with E-state index in [0.717, 1.165) is 11.5 Å². The molecular weight excluding hydrogens is 269 g/mol. The number of rotatable bonds is 3. The van der Waals surface area contributed by atoms with Crippen molar-refractivity contribution in [2.75, 3.05) is 23.8 Å². The Balaban J connectivity index is 1.88. The highest BCUT2D eigenvalue weighted by Crippen LogP contribution is 2.23. The zero-order chi connectivity index (χ0) is 13.0. The van der Waals surface area contributed by atoms with E-state index in [4.69, 9.17) is 0 Å². The third kappa shape index (κ3) is 3.65. The highest BCUT2D eigenvalue weighted by Gasteiger charge is 2.15. The van der Waals surface area contributed by atoms with Crippen molar-refractivity contribution in [3.8, 4) is 0 Å². The maximum atomic E-state index is 13.1. The van der Waals surface area contributed by atoms with Crippen molar-refractivity contribution in [1.82, 2.24) is 5.32 Å². The number of halogens is 1. The van der Waals surface area contributed by atoms with Gasteiger partial charge < -0.3 is 5.32 Å². The van der Waals surface area contributed by atoms with Gasteiger partial charge >= 0.3 is 0 Å². The zero-order valence-electron chi connectivity index (χ0n) is 10.2. The first-order valence-electron chi connectivity index (χ1n) is 5.90. The molecule has 1 heterocycles. The van der Waals surface area contributed by atoms with Crippen molar-refractivity contribution in [1.29, 1.82) is 0 Å². The summed E-state index contributed by atoms with van der Waals surface area (Å²) in [5, 5.41) is 3.41. The van der Waals surface area contributed by atoms with E-state index in [1.165, 1.54) is 17.9 Å². The fourth-order valence-corrected chi connectivity index (χ4v) is 4.36. The number of amides is 1. The van der Waals surface area contributed by atoms with Gasteiger partial charge in [-0.15, -0.1) is 0 Å². The molecule has 5 heteroatoms. The third-order valence-electron chi connectivity index (χ3n) is 2.80. The lowest BCUT2D eigenvalue weighted by Crippen LogP contribution is -2.33. The number of benzene rings is 1. The average molecular weight is 285 g/mol. The molecule has 1 N–H and O–H groups in total. The van der Waals surface area contributed by atoms with Crippen LogP contribution in [-0.2, 0) is 0 Å². The molecular formula is C13H16FNOS2. The topological polar surface area (TPSA) is 29.1 Å². The van der Waals surface area contributed by atoms with Gasteiger partial charge in [-0.25, -0.2) is 4.39 Å². The van der Waals surface area contributed by atoms with Crippen LogP contribution in [0.15, 0.2) is 18.2 Å². The van der Waals surface area contributed by atoms with E-state index in [0.29, 0.717) is 22.9 Å². The summed E-state index contributed by atoms with van der Waals surface area (Å²) in [6.07, 6.45) is 0. The second kappa shape index (κ2) is 6.48. The monoisotopic (exact) mass is 285 g/mol. The van der Waals surface area contributed by atoms with Gasteiger partial charge in [0, 0.05) is 34.6 Å². The highest BCUT2D eigenvalue weighted by molar-refractivity contribution is 8.06. The first kappa shape index (κ1) is 13.7. The second-order valence-electron chi connectivity index (χ2n) is 4.24. The van der Waals surface area contributed by atoms with Crippen LogP contribution in [0.2, 0.25) is 0 Å². The molecule has 1 aromatic rings. The quantitative estimate of drug-likeness (QED) is 0.926. The fraction of sp³-hybridized carbons (Fsp3) is 0.462. The van der Waals surface area contributed by atoms with E-state index in [1.807, 2.05) is 23.5 Å².